The molecule has 0 saturated heterocycles. The number of allylic oxidation sites excluding steroid dienone is 1. The first-order valence-corrected chi connectivity index (χ1v) is 8.06. The number of Topliss-reactive ketones (excluding diaryl/α,β-unsaturated/α-hetero) is 1. The lowest BCUT2D eigenvalue weighted by Gasteiger charge is -2.33. The van der Waals surface area contributed by atoms with Gasteiger partial charge in [-0.2, -0.15) is 0 Å². The van der Waals surface area contributed by atoms with Gasteiger partial charge in [-0.3, -0.25) is 4.79 Å². The van der Waals surface area contributed by atoms with Crippen LogP contribution in [-0.2, 0) is 4.79 Å². The molecule has 1 aliphatic carbocycles. The summed E-state index contributed by atoms with van der Waals surface area (Å²) in [5.41, 5.74) is 4.96. The van der Waals surface area contributed by atoms with E-state index in [-0.39, 0.29) is 17.2 Å². The molecule has 1 atom stereocenters. The van der Waals surface area contributed by atoms with Crippen molar-refractivity contribution >= 4 is 17.2 Å². The number of benzene rings is 1. The van der Waals surface area contributed by atoms with Crippen LogP contribution >= 0.6 is 0 Å². The molecule has 0 radical (unpaired) electrons. The molecule has 4 heteroatoms. The molecule has 0 bridgehead atoms. The fraction of sp³-hybridized carbons (Fsp3) is 0.316. The van der Waals surface area contributed by atoms with Crippen LogP contribution in [0.3, 0.4) is 0 Å². The van der Waals surface area contributed by atoms with Gasteiger partial charge in [0.25, 0.3) is 0 Å². The second kappa shape index (κ2) is 5.01. The molecule has 1 aromatic heterocycles. The maximum atomic E-state index is 12.9. The van der Waals surface area contributed by atoms with Crippen LogP contribution in [0.25, 0.3) is 0 Å². The van der Waals surface area contributed by atoms with Crippen LogP contribution in [0.5, 0.6) is 0 Å². The average Bonchev–Trinajstić information content (AvgIpc) is 2.95. The fourth-order valence-electron chi connectivity index (χ4n) is 3.65. The quantitative estimate of drug-likeness (QED) is 0.738. The van der Waals surface area contributed by atoms with Gasteiger partial charge >= 0.3 is 0 Å². The van der Waals surface area contributed by atoms with Crippen molar-refractivity contribution in [3.8, 4) is 0 Å². The van der Waals surface area contributed by atoms with Crippen molar-refractivity contribution in [2.75, 3.05) is 10.6 Å². The summed E-state index contributed by atoms with van der Waals surface area (Å²) >= 11 is 0. The van der Waals surface area contributed by atoms with Crippen LogP contribution in [0.4, 0.5) is 11.4 Å². The lowest BCUT2D eigenvalue weighted by atomic mass is 9.74. The third-order valence-corrected chi connectivity index (χ3v) is 4.65. The Morgan fingerprint density at radius 2 is 1.83 bits per heavy atom. The summed E-state index contributed by atoms with van der Waals surface area (Å²) in [6.07, 6.45) is 3.36. The number of rotatable bonds is 1. The van der Waals surface area contributed by atoms with Gasteiger partial charge in [0.1, 0.15) is 0 Å². The van der Waals surface area contributed by atoms with E-state index in [1.807, 2.05) is 36.5 Å². The van der Waals surface area contributed by atoms with Crippen LogP contribution < -0.4 is 10.6 Å². The van der Waals surface area contributed by atoms with E-state index in [1.165, 1.54) is 0 Å². The van der Waals surface area contributed by atoms with Crippen LogP contribution in [0.2, 0.25) is 0 Å². The number of ketones is 1. The van der Waals surface area contributed by atoms with Crippen molar-refractivity contribution in [2.45, 2.75) is 32.7 Å². The van der Waals surface area contributed by atoms with Gasteiger partial charge in [-0.25, -0.2) is 0 Å². The lowest BCUT2D eigenvalue weighted by molar-refractivity contribution is -0.118. The summed E-state index contributed by atoms with van der Waals surface area (Å²) in [5.74, 6) is 0.226. The number of anilines is 2. The maximum absolute atomic E-state index is 12.9. The molecule has 0 amide bonds. The van der Waals surface area contributed by atoms with Crippen molar-refractivity contribution in [3.63, 3.8) is 0 Å². The maximum Gasteiger partial charge on any atom is 0.163 e. The number of aromatic amines is 1. The Labute approximate surface area is 136 Å². The summed E-state index contributed by atoms with van der Waals surface area (Å²) in [5, 5.41) is 7.07. The molecule has 4 rings (SSSR count). The predicted octanol–water partition coefficient (Wildman–Crippen LogP) is 4.24. The molecule has 2 aliphatic rings. The van der Waals surface area contributed by atoms with Crippen LogP contribution in [0, 0.1) is 5.41 Å². The largest absolute Gasteiger partial charge is 0.371 e. The minimum absolute atomic E-state index is 0.0114. The lowest BCUT2D eigenvalue weighted by Crippen LogP contribution is -2.31. The normalized spacial score (nSPS) is 22.5. The molecule has 3 N–H and O–H groups in total. The van der Waals surface area contributed by atoms with Crippen molar-refractivity contribution in [1.29, 1.82) is 0 Å². The molecule has 2 heterocycles. The zero-order valence-electron chi connectivity index (χ0n) is 13.4. The predicted molar refractivity (Wildman–Crippen MR) is 92.3 cm³/mol. The molecule has 0 fully saturated rings. The number of carbonyl (C=O) groups is 1. The van der Waals surface area contributed by atoms with Gasteiger partial charge < -0.3 is 15.6 Å². The average molecular weight is 307 g/mol. The fourth-order valence-corrected chi connectivity index (χ4v) is 3.65. The number of carbonyl (C=O) groups excluding carboxylic acids is 1. The highest BCUT2D eigenvalue weighted by Gasteiger charge is 2.38. The number of fused-ring (bicyclic) bond motifs is 1. The summed E-state index contributed by atoms with van der Waals surface area (Å²) in [7, 11) is 0. The van der Waals surface area contributed by atoms with E-state index >= 15 is 0 Å². The third kappa shape index (κ3) is 2.44. The van der Waals surface area contributed by atoms with E-state index in [0.717, 1.165) is 34.8 Å². The molecule has 4 nitrogen and oxygen atoms in total. The Balaban J connectivity index is 1.88. The molecule has 0 unspecified atom stereocenters. The Morgan fingerprint density at radius 1 is 1.04 bits per heavy atom. The molecule has 118 valence electrons. The van der Waals surface area contributed by atoms with Crippen molar-refractivity contribution in [3.05, 3.63) is 59.6 Å². The van der Waals surface area contributed by atoms with Crippen molar-refractivity contribution in [1.82, 2.24) is 4.98 Å². The van der Waals surface area contributed by atoms with Gasteiger partial charge in [-0.15, -0.1) is 0 Å². The first kappa shape index (κ1) is 14.1. The second-order valence-corrected chi connectivity index (χ2v) is 7.21. The van der Waals surface area contributed by atoms with Crippen LogP contribution in [-0.4, -0.2) is 10.8 Å². The topological polar surface area (TPSA) is 56.9 Å². The molecular formula is C19H21N3O. The molecular weight excluding hydrogens is 286 g/mol. The number of aromatic nitrogens is 1. The standard InChI is InChI=1S/C19H21N3O/c1-19(2)10-15-17(16(23)11-19)18(14-8-5-9-20-14)22-13-7-4-3-6-12(13)21-15/h3-9,18,20-22H,10-11H2,1-2H3/t18-/m1/s1. The minimum Gasteiger partial charge on any atom is -0.371 e. The van der Waals surface area contributed by atoms with Gasteiger partial charge in [-0.05, 0) is 36.1 Å². The second-order valence-electron chi connectivity index (χ2n) is 7.21. The molecule has 2 aromatic rings. The Bertz CT molecular complexity index is 787. The van der Waals surface area contributed by atoms with Crippen LogP contribution in [0.15, 0.2) is 53.9 Å². The molecule has 1 aromatic carbocycles. The van der Waals surface area contributed by atoms with E-state index in [4.69, 9.17) is 0 Å². The SMILES string of the molecule is CC1(C)CC(=O)C2=C(C1)Nc1ccccc1N[C@@H]2c1ccc[nH]1. The Hall–Kier alpha value is -2.49. The van der Waals surface area contributed by atoms with E-state index < -0.39 is 0 Å². The molecule has 0 saturated carbocycles. The van der Waals surface area contributed by atoms with Gasteiger partial charge in [0.15, 0.2) is 5.78 Å². The highest BCUT2D eigenvalue weighted by molar-refractivity contribution is 6.01. The molecule has 23 heavy (non-hydrogen) atoms. The summed E-state index contributed by atoms with van der Waals surface area (Å²) < 4.78 is 0. The zero-order valence-corrected chi connectivity index (χ0v) is 13.4. The van der Waals surface area contributed by atoms with Gasteiger partial charge in [0.05, 0.1) is 17.4 Å². The van der Waals surface area contributed by atoms with E-state index in [2.05, 4.69) is 35.5 Å². The van der Waals surface area contributed by atoms with Crippen LogP contribution in [0.1, 0.15) is 38.4 Å². The van der Waals surface area contributed by atoms with Crippen molar-refractivity contribution < 1.29 is 4.79 Å². The van der Waals surface area contributed by atoms with E-state index in [0.29, 0.717) is 6.42 Å². The summed E-state index contributed by atoms with van der Waals surface area (Å²) in [6.45, 7) is 4.31. The number of hydrogen-bond donors (Lipinski definition) is 3. The minimum atomic E-state index is -0.139. The Morgan fingerprint density at radius 3 is 2.57 bits per heavy atom. The Kier molecular flexibility index (Phi) is 3.08. The van der Waals surface area contributed by atoms with Gasteiger partial charge in [-0.1, -0.05) is 26.0 Å². The summed E-state index contributed by atoms with van der Waals surface area (Å²) in [6, 6.07) is 12.0. The number of hydrogen-bond acceptors (Lipinski definition) is 3. The van der Waals surface area contributed by atoms with Gasteiger partial charge in [0.2, 0.25) is 0 Å². The molecule has 1 aliphatic heterocycles. The smallest absolute Gasteiger partial charge is 0.163 e. The first-order chi connectivity index (χ1) is 11.0. The molecule has 0 spiro atoms. The monoisotopic (exact) mass is 307 g/mol. The highest BCUT2D eigenvalue weighted by atomic mass is 16.1. The number of nitrogens with one attached hydrogen (secondary N) is 3. The highest BCUT2D eigenvalue weighted by Crippen LogP contribution is 2.44. The zero-order chi connectivity index (χ0) is 16.0. The number of H-pyrrole nitrogens is 1. The van der Waals surface area contributed by atoms with Gasteiger partial charge in [0, 0.05) is 29.6 Å². The first-order valence-electron chi connectivity index (χ1n) is 8.06. The summed E-state index contributed by atoms with van der Waals surface area (Å²) in [4.78, 5) is 16.2. The van der Waals surface area contributed by atoms with Crippen molar-refractivity contribution in [2.24, 2.45) is 5.41 Å². The van der Waals surface area contributed by atoms with E-state index in [1.54, 1.807) is 0 Å². The third-order valence-electron chi connectivity index (χ3n) is 4.65. The van der Waals surface area contributed by atoms with E-state index in [9.17, 15) is 4.79 Å². The number of para-hydroxylation sites is 2.